The topological polar surface area (TPSA) is 110 Å². The Bertz CT molecular complexity index is 823. The van der Waals surface area contributed by atoms with E-state index in [1.165, 1.54) is 42.5 Å². The van der Waals surface area contributed by atoms with E-state index in [0.717, 1.165) is 0 Å². The van der Waals surface area contributed by atoms with E-state index < -0.39 is 16.5 Å². The van der Waals surface area contributed by atoms with Gasteiger partial charge in [0, 0.05) is 12.1 Å². The first-order valence-corrected chi connectivity index (χ1v) is 6.21. The van der Waals surface area contributed by atoms with Gasteiger partial charge in [-0.1, -0.05) is 0 Å². The third-order valence-corrected chi connectivity index (χ3v) is 3.19. The number of allylic oxidation sites excluding steroid dienone is 1. The van der Waals surface area contributed by atoms with Crippen LogP contribution in [-0.2, 0) is 0 Å². The second-order valence-corrected chi connectivity index (χ2v) is 4.60. The van der Waals surface area contributed by atoms with Crippen molar-refractivity contribution in [3.8, 4) is 17.2 Å². The van der Waals surface area contributed by atoms with Crippen molar-refractivity contribution in [2.75, 3.05) is 0 Å². The molecule has 0 aromatic heterocycles. The summed E-state index contributed by atoms with van der Waals surface area (Å²) in [7, 11) is 0. The number of phenolic OH excluding ortho intramolecular Hbond substituents is 2. The second kappa shape index (κ2) is 4.88. The minimum atomic E-state index is -0.523. The van der Waals surface area contributed by atoms with E-state index in [1.54, 1.807) is 0 Å². The van der Waals surface area contributed by atoms with Crippen LogP contribution in [0.25, 0.3) is 6.08 Å². The van der Waals surface area contributed by atoms with Crippen molar-refractivity contribution in [2.24, 2.45) is 0 Å². The van der Waals surface area contributed by atoms with E-state index in [9.17, 15) is 25.1 Å². The summed E-state index contributed by atoms with van der Waals surface area (Å²) in [4.78, 5) is 22.2. The fourth-order valence-corrected chi connectivity index (χ4v) is 2.07. The van der Waals surface area contributed by atoms with Crippen LogP contribution in [0.15, 0.2) is 42.2 Å². The number of carbonyl (C=O) groups excluding carboxylic acids is 1. The molecule has 22 heavy (non-hydrogen) atoms. The van der Waals surface area contributed by atoms with Gasteiger partial charge in [0.1, 0.15) is 0 Å². The summed E-state index contributed by atoms with van der Waals surface area (Å²) in [6.07, 6.45) is 1.41. The first kappa shape index (κ1) is 13.6. The normalized spacial score (nSPS) is 14.7. The molecule has 1 aliphatic heterocycles. The van der Waals surface area contributed by atoms with Gasteiger partial charge in [-0.05, 0) is 35.9 Å². The molecule has 3 rings (SSSR count). The van der Waals surface area contributed by atoms with Gasteiger partial charge in [0.2, 0.25) is 11.5 Å². The summed E-state index contributed by atoms with van der Waals surface area (Å²) >= 11 is 0. The number of rotatable bonds is 2. The Labute approximate surface area is 123 Å². The van der Waals surface area contributed by atoms with E-state index >= 15 is 0 Å². The lowest BCUT2D eigenvalue weighted by molar-refractivity contribution is -0.384. The van der Waals surface area contributed by atoms with Gasteiger partial charge < -0.3 is 14.9 Å². The molecule has 0 saturated carbocycles. The maximum absolute atomic E-state index is 12.1. The highest BCUT2D eigenvalue weighted by molar-refractivity contribution is 6.15. The van der Waals surface area contributed by atoms with Gasteiger partial charge in [-0.2, -0.15) is 0 Å². The Morgan fingerprint density at radius 2 is 1.77 bits per heavy atom. The van der Waals surface area contributed by atoms with Crippen LogP contribution in [0, 0.1) is 10.1 Å². The second-order valence-electron chi connectivity index (χ2n) is 4.60. The van der Waals surface area contributed by atoms with Crippen LogP contribution in [0.3, 0.4) is 0 Å². The van der Waals surface area contributed by atoms with Crippen LogP contribution in [-0.4, -0.2) is 20.9 Å². The van der Waals surface area contributed by atoms with Crippen molar-refractivity contribution < 1.29 is 24.7 Å². The number of Topliss-reactive ketones (excluding diaryl/α,β-unsaturated/α-hetero) is 1. The van der Waals surface area contributed by atoms with Gasteiger partial charge in [-0.15, -0.1) is 0 Å². The lowest BCUT2D eigenvalue weighted by atomic mass is 10.1. The van der Waals surface area contributed by atoms with E-state index in [2.05, 4.69) is 0 Å². The number of fused-ring (bicyclic) bond motifs is 1. The highest BCUT2D eigenvalue weighted by Gasteiger charge is 2.31. The third-order valence-electron chi connectivity index (χ3n) is 3.19. The first-order valence-electron chi connectivity index (χ1n) is 6.21. The molecule has 0 bridgehead atoms. The molecule has 0 amide bonds. The Morgan fingerprint density at radius 3 is 2.41 bits per heavy atom. The maximum atomic E-state index is 12.1. The van der Waals surface area contributed by atoms with Crippen molar-refractivity contribution in [2.45, 2.75) is 0 Å². The summed E-state index contributed by atoms with van der Waals surface area (Å²) < 4.78 is 5.28. The molecule has 110 valence electrons. The predicted molar refractivity (Wildman–Crippen MR) is 75.8 cm³/mol. The number of non-ortho nitro benzene ring substituents is 1. The van der Waals surface area contributed by atoms with Crippen LogP contribution in [0.2, 0.25) is 0 Å². The molecule has 0 atom stereocenters. The van der Waals surface area contributed by atoms with E-state index in [4.69, 9.17) is 4.74 Å². The molecule has 0 unspecified atom stereocenters. The smallest absolute Gasteiger partial charge is 0.269 e. The number of carbonyl (C=O) groups is 1. The molecule has 2 N–H and O–H groups in total. The van der Waals surface area contributed by atoms with Gasteiger partial charge in [0.25, 0.3) is 5.69 Å². The highest BCUT2D eigenvalue weighted by Crippen LogP contribution is 2.44. The molecule has 2 aromatic carbocycles. The third kappa shape index (κ3) is 2.14. The molecule has 2 aromatic rings. The largest absolute Gasteiger partial charge is 0.504 e. The Balaban J connectivity index is 1.95. The standard InChI is InChI=1S/C15H9NO6/c17-11-6-5-10-13(18)12(22-15(10)14(11)19)7-8-1-3-9(4-2-8)16(20)21/h1-7,17,19H. The van der Waals surface area contributed by atoms with Crippen LogP contribution in [0.5, 0.6) is 17.2 Å². The molecule has 0 saturated heterocycles. The van der Waals surface area contributed by atoms with Crippen LogP contribution in [0.1, 0.15) is 15.9 Å². The molecule has 0 radical (unpaired) electrons. The zero-order valence-corrected chi connectivity index (χ0v) is 11.0. The van der Waals surface area contributed by atoms with Crippen molar-refractivity contribution in [3.63, 3.8) is 0 Å². The lowest BCUT2D eigenvalue weighted by Crippen LogP contribution is -1.98. The minimum absolute atomic E-state index is 0.0373. The van der Waals surface area contributed by atoms with Crippen molar-refractivity contribution in [1.29, 1.82) is 0 Å². The molecule has 0 spiro atoms. The van der Waals surface area contributed by atoms with Crippen molar-refractivity contribution in [1.82, 2.24) is 0 Å². The van der Waals surface area contributed by atoms with Crippen LogP contribution >= 0.6 is 0 Å². The Morgan fingerprint density at radius 1 is 1.09 bits per heavy atom. The fraction of sp³-hybridized carbons (Fsp3) is 0. The monoisotopic (exact) mass is 299 g/mol. The molecular weight excluding hydrogens is 290 g/mol. The molecule has 7 nitrogen and oxygen atoms in total. The van der Waals surface area contributed by atoms with Gasteiger partial charge in [-0.3, -0.25) is 14.9 Å². The number of ether oxygens (including phenoxy) is 1. The highest BCUT2D eigenvalue weighted by atomic mass is 16.6. The molecule has 1 aliphatic rings. The van der Waals surface area contributed by atoms with Crippen LogP contribution in [0.4, 0.5) is 5.69 Å². The van der Waals surface area contributed by atoms with Gasteiger partial charge in [0.15, 0.2) is 17.3 Å². The number of aromatic hydroxyl groups is 2. The first-order chi connectivity index (χ1) is 10.5. The zero-order valence-electron chi connectivity index (χ0n) is 11.0. The van der Waals surface area contributed by atoms with Crippen molar-refractivity contribution >= 4 is 17.5 Å². The molecule has 0 fully saturated rings. The zero-order chi connectivity index (χ0) is 15.9. The van der Waals surface area contributed by atoms with E-state index in [1.807, 2.05) is 0 Å². The van der Waals surface area contributed by atoms with E-state index in [0.29, 0.717) is 5.56 Å². The predicted octanol–water partition coefficient (Wildman–Crippen LogP) is 2.62. The number of nitro benzene ring substituents is 1. The van der Waals surface area contributed by atoms with Crippen LogP contribution < -0.4 is 4.74 Å². The number of hydrogen-bond donors (Lipinski definition) is 2. The minimum Gasteiger partial charge on any atom is -0.504 e. The number of nitro groups is 1. The summed E-state index contributed by atoms with van der Waals surface area (Å²) in [5.41, 5.74) is 0.612. The quantitative estimate of drug-likeness (QED) is 0.382. The summed E-state index contributed by atoms with van der Waals surface area (Å²) in [6.45, 7) is 0. The Kier molecular flexibility index (Phi) is 3.03. The number of nitrogens with zero attached hydrogens (tertiary/aromatic N) is 1. The summed E-state index contributed by atoms with van der Waals surface area (Å²) in [6, 6.07) is 8.11. The molecular formula is C15H9NO6. The maximum Gasteiger partial charge on any atom is 0.269 e. The fourth-order valence-electron chi connectivity index (χ4n) is 2.07. The number of ketones is 1. The lowest BCUT2D eigenvalue weighted by Gasteiger charge is -2.02. The van der Waals surface area contributed by atoms with E-state index in [-0.39, 0.29) is 28.5 Å². The van der Waals surface area contributed by atoms with Gasteiger partial charge in [0.05, 0.1) is 10.5 Å². The molecule has 0 aliphatic carbocycles. The molecule has 7 heteroatoms. The number of hydrogen-bond acceptors (Lipinski definition) is 6. The number of phenols is 2. The van der Waals surface area contributed by atoms with Gasteiger partial charge in [-0.25, -0.2) is 0 Å². The summed E-state index contributed by atoms with van der Waals surface area (Å²) in [5.74, 6) is -1.47. The van der Waals surface area contributed by atoms with Gasteiger partial charge >= 0.3 is 0 Å². The molecule has 1 heterocycles. The number of benzene rings is 2. The Hall–Kier alpha value is -3.35. The average Bonchev–Trinajstić information content (AvgIpc) is 2.81. The average molecular weight is 299 g/mol. The summed E-state index contributed by atoms with van der Waals surface area (Å²) in [5, 5.41) is 29.7. The van der Waals surface area contributed by atoms with Crippen molar-refractivity contribution in [3.05, 3.63) is 63.4 Å². The SMILES string of the molecule is O=C1C(=Cc2ccc([N+](=O)[O-])cc2)Oc2c1ccc(O)c2O.